The summed E-state index contributed by atoms with van der Waals surface area (Å²) in [6, 6.07) is 10.6. The van der Waals surface area contributed by atoms with Crippen LogP contribution in [0.2, 0.25) is 16.0 Å². The van der Waals surface area contributed by atoms with Crippen molar-refractivity contribution in [1.29, 1.82) is 0 Å². The van der Waals surface area contributed by atoms with Crippen LogP contribution in [-0.4, -0.2) is 101 Å². The molecular weight excluding hydrogens is 449 g/mol. The van der Waals surface area contributed by atoms with Crippen LogP contribution in [0, 0.1) is 0 Å². The van der Waals surface area contributed by atoms with Gasteiger partial charge in [-0.05, 0) is 0 Å². The first-order valence-corrected chi connectivity index (χ1v) is 12.6. The summed E-state index contributed by atoms with van der Waals surface area (Å²) >= 11 is 1.25. The summed E-state index contributed by atoms with van der Waals surface area (Å²) in [5, 5.41) is 4.78. The Labute approximate surface area is 182 Å². The minimum atomic E-state index is -4.25. The summed E-state index contributed by atoms with van der Waals surface area (Å²) in [4.78, 5) is 0. The molecule has 0 heterocycles. The third-order valence-corrected chi connectivity index (χ3v) is 7.58. The van der Waals surface area contributed by atoms with Crippen LogP contribution in [0.1, 0.15) is 18.4 Å². The van der Waals surface area contributed by atoms with E-state index in [2.05, 4.69) is 28.4 Å². The van der Waals surface area contributed by atoms with Crippen molar-refractivity contribution in [3.8, 4) is 0 Å². The molecule has 8 heteroatoms. The minimum absolute atomic E-state index is 0. The first kappa shape index (κ1) is 22.8. The van der Waals surface area contributed by atoms with Gasteiger partial charge in [-0.25, -0.2) is 0 Å². The molecule has 0 bridgehead atoms. The van der Waals surface area contributed by atoms with E-state index in [0.717, 1.165) is 5.32 Å². The van der Waals surface area contributed by atoms with E-state index in [9.17, 15) is 8.42 Å². The number of hydrogen-bond acceptors (Lipinski definition) is 3. The summed E-state index contributed by atoms with van der Waals surface area (Å²) in [6.45, 7) is 0.0958. The summed E-state index contributed by atoms with van der Waals surface area (Å²) in [6.07, 6.45) is 1.97. The van der Waals surface area contributed by atoms with Crippen LogP contribution in [0.5, 0.6) is 0 Å². The van der Waals surface area contributed by atoms with Crippen molar-refractivity contribution in [1.82, 2.24) is 0 Å². The fraction of sp³-hybridized carbons (Fsp3) is 0.538. The molecule has 0 spiro atoms. The summed E-state index contributed by atoms with van der Waals surface area (Å²) < 4.78 is 33.2. The second-order valence-electron chi connectivity index (χ2n) is 4.11. The van der Waals surface area contributed by atoms with Crippen LogP contribution in [0.3, 0.4) is 0 Å². The van der Waals surface area contributed by atoms with Crippen LogP contribution >= 0.6 is 0 Å². The molecule has 0 radical (unpaired) electrons. The van der Waals surface area contributed by atoms with E-state index in [-0.39, 0.29) is 58.0 Å². The van der Waals surface area contributed by atoms with Crippen LogP contribution in [-0.2, 0) is 19.9 Å². The van der Waals surface area contributed by atoms with E-state index in [4.69, 9.17) is 4.55 Å². The fourth-order valence-corrected chi connectivity index (χ4v) is 6.48. The summed E-state index contributed by atoms with van der Waals surface area (Å²) in [7, 11) is -4.25. The Balaban J connectivity index is 0.00000400. The molecule has 4 nitrogen and oxygen atoms in total. The van der Waals surface area contributed by atoms with Crippen molar-refractivity contribution in [3.63, 3.8) is 0 Å². The second kappa shape index (κ2) is 14.1. The number of rotatable bonds is 11. The molecular formula is C13H21KO4SSe2. The van der Waals surface area contributed by atoms with Crippen LogP contribution in [0.25, 0.3) is 0 Å². The maximum atomic E-state index is 10.3. The molecule has 0 aliphatic heterocycles. The average molecular weight is 470 g/mol. The zero-order chi connectivity index (χ0) is 14.7. The van der Waals surface area contributed by atoms with Gasteiger partial charge in [0.1, 0.15) is 0 Å². The molecule has 0 unspecified atom stereocenters. The molecule has 0 aliphatic carbocycles. The van der Waals surface area contributed by atoms with E-state index in [1.807, 2.05) is 6.07 Å². The van der Waals surface area contributed by atoms with Crippen LogP contribution < -0.4 is 0 Å². The average Bonchev–Trinajstić information content (AvgIpc) is 2.41. The normalized spacial score (nSPS) is 11.1. The van der Waals surface area contributed by atoms with Gasteiger partial charge in [0, 0.05) is 0 Å². The molecule has 0 aromatic heterocycles. The predicted molar refractivity (Wildman–Crippen MR) is 90.0 cm³/mol. The Morgan fingerprint density at radius 2 is 1.62 bits per heavy atom. The summed E-state index contributed by atoms with van der Waals surface area (Å²) in [5.74, 6) is 0. The molecule has 0 fully saturated rings. The topological polar surface area (TPSA) is 63.6 Å². The third kappa shape index (κ3) is 15.1. The zero-order valence-electron chi connectivity index (χ0n) is 11.2. The predicted octanol–water partition coefficient (Wildman–Crippen LogP) is 1.80. The molecule has 1 rings (SSSR count). The number of hydrogen-bond donors (Lipinski definition) is 1. The molecule has 21 heavy (non-hydrogen) atoms. The molecule has 1 N–H and O–H groups in total. The SMILES string of the molecule is O=S(=O)(O)OCCC[Se]CCC[Se]Cc1ccccc1.[KH]. The van der Waals surface area contributed by atoms with Gasteiger partial charge in [-0.1, -0.05) is 0 Å². The van der Waals surface area contributed by atoms with E-state index in [1.165, 1.54) is 27.9 Å². The first-order valence-electron chi connectivity index (χ1n) is 6.39. The van der Waals surface area contributed by atoms with E-state index < -0.39 is 10.4 Å². The Hall–Kier alpha value is 1.77. The monoisotopic (exact) mass is 472 g/mol. The second-order valence-corrected chi connectivity index (χ2v) is 10.1. The maximum absolute atomic E-state index is 10.3. The van der Waals surface area contributed by atoms with Crippen molar-refractivity contribution in [3.05, 3.63) is 35.9 Å². The van der Waals surface area contributed by atoms with Crippen LogP contribution in [0.15, 0.2) is 30.3 Å². The van der Waals surface area contributed by atoms with Gasteiger partial charge in [0.05, 0.1) is 0 Å². The fourth-order valence-electron chi connectivity index (χ4n) is 1.45. The Morgan fingerprint density at radius 1 is 1.00 bits per heavy atom. The van der Waals surface area contributed by atoms with E-state index >= 15 is 0 Å². The molecule has 1 aromatic rings. The third-order valence-electron chi connectivity index (χ3n) is 2.35. The Morgan fingerprint density at radius 3 is 2.29 bits per heavy atom. The molecule has 1 aromatic carbocycles. The van der Waals surface area contributed by atoms with E-state index in [0.29, 0.717) is 36.3 Å². The quantitative estimate of drug-likeness (QED) is 0.305. The van der Waals surface area contributed by atoms with Crippen LogP contribution in [0.4, 0.5) is 0 Å². The first-order chi connectivity index (χ1) is 9.58. The molecule has 0 amide bonds. The standard InChI is InChI=1S/C13H20O4SSe2.K.H/c14-18(15,16)17-8-4-9-19-10-5-11-20-12-13-6-2-1-3-7-13;;/h1-3,6-7H,4-5,8-12H2,(H,14,15,16);;. The Kier molecular flexibility index (Phi) is 15.3. The van der Waals surface area contributed by atoms with E-state index in [1.54, 1.807) is 0 Å². The van der Waals surface area contributed by atoms with Gasteiger partial charge in [-0.15, -0.1) is 0 Å². The molecule has 0 atom stereocenters. The Bertz CT molecular complexity index is 456. The molecule has 0 aliphatic rings. The van der Waals surface area contributed by atoms with Gasteiger partial charge in [0.15, 0.2) is 0 Å². The molecule has 0 saturated carbocycles. The van der Waals surface area contributed by atoms with Gasteiger partial charge in [0.2, 0.25) is 0 Å². The molecule has 116 valence electrons. The summed E-state index contributed by atoms with van der Waals surface area (Å²) in [5.41, 5.74) is 1.43. The van der Waals surface area contributed by atoms with Gasteiger partial charge in [-0.3, -0.25) is 0 Å². The molecule has 0 saturated heterocycles. The van der Waals surface area contributed by atoms with Gasteiger partial charge in [0.25, 0.3) is 0 Å². The van der Waals surface area contributed by atoms with Crippen molar-refractivity contribution >= 4 is 91.7 Å². The number of benzene rings is 1. The van der Waals surface area contributed by atoms with Gasteiger partial charge < -0.3 is 0 Å². The van der Waals surface area contributed by atoms with Gasteiger partial charge in [-0.2, -0.15) is 0 Å². The zero-order valence-corrected chi connectivity index (χ0v) is 15.5. The van der Waals surface area contributed by atoms with Crippen molar-refractivity contribution in [2.75, 3.05) is 6.61 Å². The van der Waals surface area contributed by atoms with Crippen molar-refractivity contribution in [2.45, 2.75) is 34.1 Å². The van der Waals surface area contributed by atoms with Crippen molar-refractivity contribution < 1.29 is 17.2 Å². The van der Waals surface area contributed by atoms with Gasteiger partial charge >= 0.3 is 185 Å². The van der Waals surface area contributed by atoms with Crippen molar-refractivity contribution in [2.24, 2.45) is 0 Å².